The number of hydrogen-bond acceptors (Lipinski definition) is 4. The highest BCUT2D eigenvalue weighted by Gasteiger charge is 2.39. The van der Waals surface area contributed by atoms with E-state index in [1.807, 2.05) is 20.8 Å². The van der Waals surface area contributed by atoms with Gasteiger partial charge in [-0.05, 0) is 47.5 Å². The minimum absolute atomic E-state index is 0.232. The monoisotopic (exact) mass is 446 g/mol. The van der Waals surface area contributed by atoms with Gasteiger partial charge in [-0.3, -0.25) is 0 Å². The maximum atomic E-state index is 5.86. The molecule has 0 unspecified atom stereocenters. The smallest absolute Gasteiger partial charge is 0.380 e. The molecule has 0 aromatic rings. The highest BCUT2D eigenvalue weighted by atomic mass is 127. The first-order chi connectivity index (χ1) is 10.4. The minimum Gasteiger partial charge on any atom is -0.380 e. The SMILES string of the molecule is CCO[Si](CCCCCCOCC(C)(C)I)(OCC)OCC. The van der Waals surface area contributed by atoms with E-state index in [1.54, 1.807) is 0 Å². The lowest BCUT2D eigenvalue weighted by atomic mass is 10.2. The maximum absolute atomic E-state index is 5.86. The van der Waals surface area contributed by atoms with Crippen molar-refractivity contribution in [2.45, 2.75) is 69.8 Å². The third-order valence-corrected chi connectivity index (χ3v) is 6.52. The van der Waals surface area contributed by atoms with Crippen molar-refractivity contribution in [1.82, 2.24) is 0 Å². The Labute approximate surface area is 152 Å². The van der Waals surface area contributed by atoms with Crippen molar-refractivity contribution in [2.75, 3.05) is 33.0 Å². The van der Waals surface area contributed by atoms with Gasteiger partial charge < -0.3 is 18.0 Å². The summed E-state index contributed by atoms with van der Waals surface area (Å²) in [6.07, 6.45) is 4.60. The van der Waals surface area contributed by atoms with E-state index in [2.05, 4.69) is 36.4 Å². The van der Waals surface area contributed by atoms with Crippen molar-refractivity contribution in [3.8, 4) is 0 Å². The highest BCUT2D eigenvalue weighted by molar-refractivity contribution is 14.1. The molecule has 0 N–H and O–H groups in total. The summed E-state index contributed by atoms with van der Waals surface area (Å²) in [7, 11) is -2.43. The number of hydrogen-bond donors (Lipinski definition) is 0. The molecule has 6 heteroatoms. The van der Waals surface area contributed by atoms with Crippen molar-refractivity contribution < 1.29 is 18.0 Å². The third kappa shape index (κ3) is 12.2. The Morgan fingerprint density at radius 2 is 1.32 bits per heavy atom. The molecular weight excluding hydrogens is 411 g/mol. The Bertz CT molecular complexity index is 242. The summed E-state index contributed by atoms with van der Waals surface area (Å²) in [5.74, 6) is 0. The Kier molecular flexibility index (Phi) is 13.6. The summed E-state index contributed by atoms with van der Waals surface area (Å²) in [6.45, 7) is 14.0. The predicted molar refractivity (Wildman–Crippen MR) is 103 cm³/mol. The summed E-state index contributed by atoms with van der Waals surface area (Å²) in [6, 6.07) is 0.921. The molecule has 0 aromatic carbocycles. The zero-order valence-electron chi connectivity index (χ0n) is 15.1. The minimum atomic E-state index is -2.43. The zero-order chi connectivity index (χ0) is 16.9. The molecule has 134 valence electrons. The molecule has 0 saturated carbocycles. The van der Waals surface area contributed by atoms with E-state index in [9.17, 15) is 0 Å². The van der Waals surface area contributed by atoms with Crippen LogP contribution in [0.5, 0.6) is 0 Å². The molecule has 0 amide bonds. The molecule has 22 heavy (non-hydrogen) atoms. The molecule has 0 atom stereocenters. The lowest BCUT2D eigenvalue weighted by Gasteiger charge is -2.28. The molecule has 0 aliphatic heterocycles. The first kappa shape index (κ1) is 22.8. The molecule has 0 aromatic heterocycles. The zero-order valence-corrected chi connectivity index (χ0v) is 18.2. The summed E-state index contributed by atoms with van der Waals surface area (Å²) in [5, 5.41) is 0. The van der Waals surface area contributed by atoms with Crippen molar-refractivity contribution in [3.05, 3.63) is 0 Å². The van der Waals surface area contributed by atoms with Crippen LogP contribution in [0.25, 0.3) is 0 Å². The molecule has 0 aliphatic rings. The highest BCUT2D eigenvalue weighted by Crippen LogP contribution is 2.20. The van der Waals surface area contributed by atoms with Gasteiger partial charge in [0.05, 0.1) is 6.61 Å². The van der Waals surface area contributed by atoms with E-state index >= 15 is 0 Å². The summed E-state index contributed by atoms with van der Waals surface area (Å²) in [5.41, 5.74) is 0. The van der Waals surface area contributed by atoms with E-state index in [0.29, 0.717) is 19.8 Å². The fraction of sp³-hybridized carbons (Fsp3) is 1.00. The summed E-state index contributed by atoms with van der Waals surface area (Å²) in [4.78, 5) is 0. The summed E-state index contributed by atoms with van der Waals surface area (Å²) >= 11 is 2.42. The van der Waals surface area contributed by atoms with Gasteiger partial charge in [-0.1, -0.05) is 35.4 Å². The van der Waals surface area contributed by atoms with E-state index in [0.717, 1.165) is 32.1 Å². The van der Waals surface area contributed by atoms with Gasteiger partial charge in [-0.2, -0.15) is 0 Å². The fourth-order valence-corrected chi connectivity index (χ4v) is 5.12. The molecule has 0 radical (unpaired) electrons. The molecule has 0 spiro atoms. The summed E-state index contributed by atoms with van der Waals surface area (Å²) < 4.78 is 23.5. The number of unbranched alkanes of at least 4 members (excludes halogenated alkanes) is 3. The Hall–Kier alpha value is 0.787. The van der Waals surface area contributed by atoms with Gasteiger partial charge in [-0.25, -0.2) is 0 Å². The topological polar surface area (TPSA) is 36.9 Å². The third-order valence-electron chi connectivity index (χ3n) is 3.06. The van der Waals surface area contributed by atoms with Crippen LogP contribution in [0.4, 0.5) is 0 Å². The van der Waals surface area contributed by atoms with E-state index in [4.69, 9.17) is 18.0 Å². The van der Waals surface area contributed by atoms with Crippen LogP contribution < -0.4 is 0 Å². The van der Waals surface area contributed by atoms with E-state index in [-0.39, 0.29) is 3.42 Å². The van der Waals surface area contributed by atoms with Gasteiger partial charge in [0, 0.05) is 35.9 Å². The number of rotatable bonds is 15. The largest absolute Gasteiger partial charge is 0.500 e. The molecule has 0 heterocycles. The van der Waals surface area contributed by atoms with Crippen molar-refractivity contribution in [1.29, 1.82) is 0 Å². The molecule has 0 fully saturated rings. The van der Waals surface area contributed by atoms with Gasteiger partial charge in [0.2, 0.25) is 0 Å². The normalized spacial score (nSPS) is 12.8. The van der Waals surface area contributed by atoms with E-state index in [1.165, 1.54) is 12.8 Å². The van der Waals surface area contributed by atoms with Crippen LogP contribution in [0.3, 0.4) is 0 Å². The van der Waals surface area contributed by atoms with Crippen LogP contribution in [0, 0.1) is 0 Å². The van der Waals surface area contributed by atoms with Gasteiger partial charge in [0.1, 0.15) is 0 Å². The Morgan fingerprint density at radius 3 is 1.77 bits per heavy atom. The van der Waals surface area contributed by atoms with Crippen LogP contribution in [0.2, 0.25) is 6.04 Å². The van der Waals surface area contributed by atoms with Crippen molar-refractivity contribution in [3.63, 3.8) is 0 Å². The molecule has 0 rings (SSSR count). The lowest BCUT2D eigenvalue weighted by Crippen LogP contribution is -2.45. The van der Waals surface area contributed by atoms with Crippen molar-refractivity contribution >= 4 is 31.4 Å². The second-order valence-corrected chi connectivity index (χ2v) is 11.6. The molecule has 0 aliphatic carbocycles. The predicted octanol–water partition coefficient (Wildman–Crippen LogP) is 4.83. The van der Waals surface area contributed by atoms with Crippen LogP contribution in [-0.4, -0.2) is 45.3 Å². The number of alkyl halides is 1. The van der Waals surface area contributed by atoms with Gasteiger partial charge in [0.25, 0.3) is 0 Å². The standard InChI is InChI=1S/C16H35IO4Si/c1-6-19-22(20-7-2,21-8-3)14-12-10-9-11-13-18-15-16(4,5)17/h6-15H2,1-5H3. The fourth-order valence-electron chi connectivity index (χ4n) is 2.22. The van der Waals surface area contributed by atoms with Crippen LogP contribution in [0.15, 0.2) is 0 Å². The van der Waals surface area contributed by atoms with E-state index < -0.39 is 8.80 Å². The van der Waals surface area contributed by atoms with Gasteiger partial charge >= 0.3 is 8.80 Å². The lowest BCUT2D eigenvalue weighted by molar-refractivity contribution is 0.0705. The Morgan fingerprint density at radius 1 is 0.818 bits per heavy atom. The maximum Gasteiger partial charge on any atom is 0.500 e. The average molecular weight is 446 g/mol. The van der Waals surface area contributed by atoms with Crippen LogP contribution >= 0.6 is 22.6 Å². The van der Waals surface area contributed by atoms with Crippen LogP contribution in [-0.2, 0) is 18.0 Å². The molecule has 0 saturated heterocycles. The van der Waals surface area contributed by atoms with Gasteiger partial charge in [-0.15, -0.1) is 0 Å². The quantitative estimate of drug-likeness (QED) is 0.156. The van der Waals surface area contributed by atoms with Crippen molar-refractivity contribution in [2.24, 2.45) is 0 Å². The second-order valence-electron chi connectivity index (χ2n) is 5.92. The second kappa shape index (κ2) is 13.1. The average Bonchev–Trinajstić information content (AvgIpc) is 2.41. The first-order valence-corrected chi connectivity index (χ1v) is 11.6. The molecular formula is C16H35IO4Si. The molecule has 4 nitrogen and oxygen atoms in total. The first-order valence-electron chi connectivity index (χ1n) is 8.57. The Balaban J connectivity index is 3.84. The van der Waals surface area contributed by atoms with Crippen LogP contribution in [0.1, 0.15) is 60.3 Å². The van der Waals surface area contributed by atoms with Gasteiger partial charge in [0.15, 0.2) is 0 Å². The number of halogens is 1. The molecule has 0 bridgehead atoms. The number of ether oxygens (including phenoxy) is 1.